The van der Waals surface area contributed by atoms with Crippen LogP contribution in [0.2, 0.25) is 0 Å². The maximum Gasteiger partial charge on any atom is 0.231 e. The van der Waals surface area contributed by atoms with Crippen LogP contribution in [0.25, 0.3) is 0 Å². The lowest BCUT2D eigenvalue weighted by atomic mass is 9.70. The largest absolute Gasteiger partial charge is 0.349 e. The highest BCUT2D eigenvalue weighted by atomic mass is 16.5. The average molecular weight is 349 g/mol. The summed E-state index contributed by atoms with van der Waals surface area (Å²) in [7, 11) is 0. The highest BCUT2D eigenvalue weighted by molar-refractivity contribution is 5.85. The minimum atomic E-state index is -0.632. The van der Waals surface area contributed by atoms with Gasteiger partial charge in [0.2, 0.25) is 5.91 Å². The van der Waals surface area contributed by atoms with Crippen molar-refractivity contribution in [1.29, 1.82) is 0 Å². The Labute approximate surface area is 156 Å². The van der Waals surface area contributed by atoms with Gasteiger partial charge in [0, 0.05) is 17.4 Å². The average Bonchev–Trinajstić information content (AvgIpc) is 3.12. The third-order valence-electron chi connectivity index (χ3n) is 6.56. The van der Waals surface area contributed by atoms with E-state index < -0.39 is 5.72 Å². The van der Waals surface area contributed by atoms with Crippen LogP contribution in [0.5, 0.6) is 0 Å². The molecule has 0 bridgehead atoms. The molecule has 3 heteroatoms. The van der Waals surface area contributed by atoms with Crippen molar-refractivity contribution in [3.8, 4) is 0 Å². The van der Waals surface area contributed by atoms with Crippen molar-refractivity contribution in [2.75, 3.05) is 6.61 Å². The first-order chi connectivity index (χ1) is 12.7. The van der Waals surface area contributed by atoms with Crippen molar-refractivity contribution in [2.45, 2.75) is 51.3 Å². The summed E-state index contributed by atoms with van der Waals surface area (Å²) < 4.78 is 6.46. The summed E-state index contributed by atoms with van der Waals surface area (Å²) in [6.45, 7) is 4.84. The lowest BCUT2D eigenvalue weighted by Crippen LogP contribution is -2.57. The standard InChI is InChI=1S/C23H27NO2/c1-3-22(4-2)15-16-23(19-13-9-6-10-14-19)24(21(22)25)20(17-26-23)18-11-7-5-8-12-18/h5-14,20H,3-4,15-17H2,1-2H3/t20-,23+/m0/s1. The molecule has 2 aliphatic heterocycles. The number of carbonyl (C=O) groups excluding carboxylic acids is 1. The summed E-state index contributed by atoms with van der Waals surface area (Å²) in [5, 5.41) is 0. The van der Waals surface area contributed by atoms with Gasteiger partial charge in [0.05, 0.1) is 12.6 Å². The number of fused-ring (bicyclic) bond motifs is 1. The molecular weight excluding hydrogens is 322 g/mol. The molecule has 0 N–H and O–H groups in total. The van der Waals surface area contributed by atoms with Crippen LogP contribution in [-0.4, -0.2) is 17.4 Å². The highest BCUT2D eigenvalue weighted by Gasteiger charge is 2.59. The molecule has 2 aliphatic rings. The minimum absolute atomic E-state index is 0.0262. The molecule has 0 unspecified atom stereocenters. The number of amides is 1. The second kappa shape index (κ2) is 6.55. The Balaban J connectivity index is 1.84. The number of rotatable bonds is 4. The SMILES string of the molecule is CCC1(CC)CC[C@]2(c3ccccc3)OC[C@@H](c3ccccc3)N2C1=O. The van der Waals surface area contributed by atoms with Crippen molar-refractivity contribution in [1.82, 2.24) is 4.90 Å². The zero-order valence-corrected chi connectivity index (χ0v) is 15.7. The summed E-state index contributed by atoms with van der Waals surface area (Å²) >= 11 is 0. The molecule has 4 rings (SSSR count). The molecule has 2 aromatic rings. The molecule has 3 nitrogen and oxygen atoms in total. The molecule has 1 amide bonds. The van der Waals surface area contributed by atoms with E-state index in [9.17, 15) is 4.79 Å². The molecule has 2 atom stereocenters. The first kappa shape index (κ1) is 17.3. The topological polar surface area (TPSA) is 29.5 Å². The highest BCUT2D eigenvalue weighted by Crippen LogP contribution is 2.55. The van der Waals surface area contributed by atoms with Gasteiger partial charge in [0.1, 0.15) is 0 Å². The van der Waals surface area contributed by atoms with E-state index in [2.05, 4.69) is 43.0 Å². The van der Waals surface area contributed by atoms with Gasteiger partial charge in [-0.3, -0.25) is 4.79 Å². The van der Waals surface area contributed by atoms with E-state index in [-0.39, 0.29) is 17.4 Å². The second-order valence-electron chi connectivity index (χ2n) is 7.55. The van der Waals surface area contributed by atoms with Gasteiger partial charge in [-0.15, -0.1) is 0 Å². The normalized spacial score (nSPS) is 27.4. The Morgan fingerprint density at radius 1 is 0.962 bits per heavy atom. The maximum absolute atomic E-state index is 13.8. The summed E-state index contributed by atoms with van der Waals surface area (Å²) in [5.74, 6) is 0.254. The number of carbonyl (C=O) groups is 1. The molecule has 0 aromatic heterocycles. The first-order valence-corrected chi connectivity index (χ1v) is 9.75. The third-order valence-corrected chi connectivity index (χ3v) is 6.56. The molecule has 0 radical (unpaired) electrons. The second-order valence-corrected chi connectivity index (χ2v) is 7.55. The van der Waals surface area contributed by atoms with Crippen molar-refractivity contribution in [3.05, 3.63) is 71.8 Å². The van der Waals surface area contributed by atoms with E-state index in [4.69, 9.17) is 4.74 Å². The molecular formula is C23H27NO2. The molecule has 2 fully saturated rings. The number of piperidine rings is 1. The van der Waals surface area contributed by atoms with Gasteiger partial charge in [0.25, 0.3) is 0 Å². The smallest absolute Gasteiger partial charge is 0.231 e. The molecule has 136 valence electrons. The maximum atomic E-state index is 13.8. The Morgan fingerprint density at radius 3 is 2.19 bits per heavy atom. The fourth-order valence-electron chi connectivity index (χ4n) is 4.77. The van der Waals surface area contributed by atoms with Crippen molar-refractivity contribution < 1.29 is 9.53 Å². The fraction of sp³-hybridized carbons (Fsp3) is 0.435. The van der Waals surface area contributed by atoms with Gasteiger partial charge in [0.15, 0.2) is 5.72 Å². The van der Waals surface area contributed by atoms with Crippen LogP contribution in [0.4, 0.5) is 0 Å². The number of ether oxygens (including phenoxy) is 1. The summed E-state index contributed by atoms with van der Waals surface area (Å²) in [4.78, 5) is 15.9. The van der Waals surface area contributed by atoms with Crippen LogP contribution < -0.4 is 0 Å². The van der Waals surface area contributed by atoms with Gasteiger partial charge >= 0.3 is 0 Å². The van der Waals surface area contributed by atoms with Crippen molar-refractivity contribution >= 4 is 5.91 Å². The Morgan fingerprint density at radius 2 is 1.58 bits per heavy atom. The zero-order chi connectivity index (χ0) is 18.2. The van der Waals surface area contributed by atoms with Crippen molar-refractivity contribution in [2.24, 2.45) is 5.41 Å². The number of nitrogens with zero attached hydrogens (tertiary/aromatic N) is 1. The quantitative estimate of drug-likeness (QED) is 0.774. The molecule has 2 aromatic carbocycles. The van der Waals surface area contributed by atoms with E-state index >= 15 is 0 Å². The van der Waals surface area contributed by atoms with E-state index in [0.717, 1.165) is 36.8 Å². The zero-order valence-electron chi connectivity index (χ0n) is 15.7. The van der Waals surface area contributed by atoms with Gasteiger partial charge in [-0.05, 0) is 24.8 Å². The Bertz CT molecular complexity index is 769. The predicted octanol–water partition coefficient (Wildman–Crippen LogP) is 5.04. The number of benzene rings is 2. The van der Waals surface area contributed by atoms with Crippen molar-refractivity contribution in [3.63, 3.8) is 0 Å². The van der Waals surface area contributed by atoms with E-state index in [0.29, 0.717) is 6.61 Å². The van der Waals surface area contributed by atoms with Gasteiger partial charge < -0.3 is 9.64 Å². The summed E-state index contributed by atoms with van der Waals surface area (Å²) in [6.07, 6.45) is 3.50. The fourth-order valence-corrected chi connectivity index (χ4v) is 4.77. The third kappa shape index (κ3) is 2.41. The van der Waals surface area contributed by atoms with Crippen LogP contribution in [0, 0.1) is 5.41 Å². The van der Waals surface area contributed by atoms with E-state index in [1.807, 2.05) is 36.4 Å². The van der Waals surface area contributed by atoms with Gasteiger partial charge in [-0.25, -0.2) is 0 Å². The predicted molar refractivity (Wildman–Crippen MR) is 102 cm³/mol. The lowest BCUT2D eigenvalue weighted by Gasteiger charge is -2.50. The monoisotopic (exact) mass is 349 g/mol. The van der Waals surface area contributed by atoms with Crippen LogP contribution in [0.15, 0.2) is 60.7 Å². The summed E-state index contributed by atoms with van der Waals surface area (Å²) in [5.41, 5.74) is 1.35. The molecule has 0 saturated carbocycles. The van der Waals surface area contributed by atoms with Crippen LogP contribution in [0.1, 0.15) is 56.7 Å². The molecule has 2 heterocycles. The minimum Gasteiger partial charge on any atom is -0.349 e. The summed E-state index contributed by atoms with van der Waals surface area (Å²) in [6, 6.07) is 20.6. The van der Waals surface area contributed by atoms with Crippen LogP contribution >= 0.6 is 0 Å². The van der Waals surface area contributed by atoms with Crippen LogP contribution in [-0.2, 0) is 15.3 Å². The Hall–Kier alpha value is -2.13. The number of hydrogen-bond acceptors (Lipinski definition) is 2. The van der Waals surface area contributed by atoms with Crippen LogP contribution in [0.3, 0.4) is 0 Å². The Kier molecular flexibility index (Phi) is 4.36. The first-order valence-electron chi connectivity index (χ1n) is 9.75. The van der Waals surface area contributed by atoms with Gasteiger partial charge in [-0.1, -0.05) is 74.5 Å². The van der Waals surface area contributed by atoms with E-state index in [1.165, 1.54) is 0 Å². The molecule has 26 heavy (non-hydrogen) atoms. The molecule has 0 spiro atoms. The van der Waals surface area contributed by atoms with Gasteiger partial charge in [-0.2, -0.15) is 0 Å². The lowest BCUT2D eigenvalue weighted by molar-refractivity contribution is -0.182. The molecule has 0 aliphatic carbocycles. The number of hydrogen-bond donors (Lipinski definition) is 0. The molecule has 2 saturated heterocycles. The van der Waals surface area contributed by atoms with E-state index in [1.54, 1.807) is 0 Å².